The Morgan fingerprint density at radius 3 is 0.492 bits per heavy atom. The van der Waals surface area contributed by atoms with Gasteiger partial charge >= 0.3 is 0 Å². The molecule has 0 radical (unpaired) electrons. The van der Waals surface area contributed by atoms with Crippen molar-refractivity contribution in [3.63, 3.8) is 0 Å². The average molecular weight is 917 g/mol. The van der Waals surface area contributed by atoms with Crippen molar-refractivity contribution in [3.8, 4) is 0 Å². The van der Waals surface area contributed by atoms with E-state index in [-0.39, 0.29) is 48.7 Å². The maximum absolute atomic E-state index is 2.63. The smallest absolute Gasteiger partial charge is 0.0132 e. The molecule has 0 aliphatic rings. The van der Waals surface area contributed by atoms with Crippen LogP contribution in [0.15, 0.2) is 72.8 Å². The van der Waals surface area contributed by atoms with Gasteiger partial charge in [0.1, 0.15) is 0 Å². The molecule has 0 aromatic heterocycles. The second-order valence-electron chi connectivity index (χ2n) is 29.4. The molecule has 65 heavy (non-hydrogen) atoms. The summed E-state index contributed by atoms with van der Waals surface area (Å²) >= 11 is 0. The molecule has 0 heterocycles. The molecule has 4 aromatic rings. The number of hydrogen-bond acceptors (Lipinski definition) is 0. The van der Waals surface area contributed by atoms with Crippen molar-refractivity contribution < 1.29 is 0 Å². The first-order valence-corrected chi connectivity index (χ1v) is 28.1. The van der Waals surface area contributed by atoms with Gasteiger partial charge in [-0.3, -0.25) is 0 Å². The van der Waals surface area contributed by atoms with Crippen molar-refractivity contribution >= 4 is 37.1 Å². The predicted octanol–water partition coefficient (Wildman–Crippen LogP) is 17.3. The van der Waals surface area contributed by atoms with Gasteiger partial charge in [0.25, 0.3) is 0 Å². The first-order valence-electron chi connectivity index (χ1n) is 25.1. The lowest BCUT2D eigenvalue weighted by molar-refractivity contribution is 0.292. The Bertz CT molecular complexity index is 1830. The van der Waals surface area contributed by atoms with Crippen molar-refractivity contribution in [2.45, 2.75) is 230 Å². The molecule has 4 aromatic carbocycles. The van der Waals surface area contributed by atoms with Crippen molar-refractivity contribution in [1.82, 2.24) is 0 Å². The largest absolute Gasteiger partial charge is 0.0599 e. The van der Waals surface area contributed by atoms with Crippen LogP contribution in [0, 0.1) is 11.3 Å². The Kier molecular flexibility index (Phi) is 15.8. The lowest BCUT2D eigenvalue weighted by Gasteiger charge is -2.39. The first-order chi connectivity index (χ1) is 28.9. The van der Waals surface area contributed by atoms with Gasteiger partial charge in [0.15, 0.2) is 0 Å². The van der Waals surface area contributed by atoms with E-state index in [1.807, 2.05) is 0 Å². The lowest BCUT2D eigenvalue weighted by atomic mass is 9.81. The van der Waals surface area contributed by atoms with E-state index < -0.39 is 15.8 Å². The average Bonchev–Trinajstić information content (AvgIpc) is 3.10. The molecule has 0 nitrogen and oxygen atoms in total. The SMILES string of the molecule is CC(C)(C)c1cc(P(CC(CP(c2cc(C(C)(C)C)cc(C(C)(C)C)c2)c2cc(C(C)(C)C)cc(C(C)(C)C)c2)C(C)(C)C)c2cc(C(C)(C)C)cc(C(C)(C)C)c2)cc(C(C)(C)C)c1. The van der Waals surface area contributed by atoms with Gasteiger partial charge in [-0.25, -0.2) is 0 Å². The third-order valence-corrected chi connectivity index (χ3v) is 19.0. The zero-order valence-corrected chi connectivity index (χ0v) is 49.1. The molecule has 0 atom stereocenters. The van der Waals surface area contributed by atoms with Gasteiger partial charge in [0.2, 0.25) is 0 Å². The summed E-state index contributed by atoms with van der Waals surface area (Å²) in [4.78, 5) is 0. The van der Waals surface area contributed by atoms with E-state index in [9.17, 15) is 0 Å². The summed E-state index contributed by atoms with van der Waals surface area (Å²) in [5.74, 6) is 0.445. The molecule has 4 rings (SSSR count). The normalized spacial score (nSPS) is 14.3. The summed E-state index contributed by atoms with van der Waals surface area (Å²) in [6, 6.07) is 31.2. The zero-order chi connectivity index (χ0) is 50.1. The lowest BCUT2D eigenvalue weighted by Crippen LogP contribution is -2.34. The zero-order valence-electron chi connectivity index (χ0n) is 47.3. The van der Waals surface area contributed by atoms with Crippen LogP contribution < -0.4 is 21.2 Å². The molecular formula is C63H98P2. The fraction of sp³-hybridized carbons (Fsp3) is 0.619. The van der Waals surface area contributed by atoms with Crippen molar-refractivity contribution in [3.05, 3.63) is 117 Å². The molecule has 0 fully saturated rings. The number of rotatable bonds is 8. The van der Waals surface area contributed by atoms with Crippen molar-refractivity contribution in [2.24, 2.45) is 11.3 Å². The summed E-state index contributed by atoms with van der Waals surface area (Å²) < 4.78 is 0. The summed E-state index contributed by atoms with van der Waals surface area (Å²) in [5, 5.41) is 6.15. The van der Waals surface area contributed by atoms with E-state index in [1.54, 1.807) is 0 Å². The second kappa shape index (κ2) is 18.6. The number of benzene rings is 4. The van der Waals surface area contributed by atoms with E-state index >= 15 is 0 Å². The van der Waals surface area contributed by atoms with E-state index in [4.69, 9.17) is 0 Å². The second-order valence-corrected chi connectivity index (χ2v) is 33.9. The Balaban J connectivity index is 2.20. The minimum Gasteiger partial charge on any atom is -0.0599 e. The third kappa shape index (κ3) is 14.4. The van der Waals surface area contributed by atoms with Gasteiger partial charge in [-0.15, -0.1) is 0 Å². The highest BCUT2D eigenvalue weighted by Crippen LogP contribution is 2.50. The summed E-state index contributed by atoms with van der Waals surface area (Å²) in [6.07, 6.45) is 2.28. The number of hydrogen-bond donors (Lipinski definition) is 0. The van der Waals surface area contributed by atoms with Crippen LogP contribution in [0.1, 0.15) is 231 Å². The van der Waals surface area contributed by atoms with Crippen LogP contribution in [0.2, 0.25) is 0 Å². The van der Waals surface area contributed by atoms with Crippen LogP contribution in [0.5, 0.6) is 0 Å². The van der Waals surface area contributed by atoms with Crippen LogP contribution in [-0.2, 0) is 43.3 Å². The molecule has 0 N–H and O–H groups in total. The van der Waals surface area contributed by atoms with E-state index in [0.717, 1.165) is 12.3 Å². The maximum Gasteiger partial charge on any atom is -0.0132 e. The highest BCUT2D eigenvalue weighted by Gasteiger charge is 2.36. The highest BCUT2D eigenvalue weighted by atomic mass is 31.1. The minimum atomic E-state index is -0.765. The molecule has 0 spiro atoms. The molecule has 0 bridgehead atoms. The van der Waals surface area contributed by atoms with E-state index in [2.05, 4.69) is 260 Å². The first kappa shape index (κ1) is 55.3. The van der Waals surface area contributed by atoms with Gasteiger partial charge in [0.05, 0.1) is 0 Å². The molecule has 0 saturated heterocycles. The van der Waals surface area contributed by atoms with Crippen LogP contribution in [0.25, 0.3) is 0 Å². The minimum absolute atomic E-state index is 0.0320. The molecule has 0 aliphatic carbocycles. The van der Waals surface area contributed by atoms with Crippen molar-refractivity contribution in [2.75, 3.05) is 12.3 Å². The summed E-state index contributed by atoms with van der Waals surface area (Å²) in [7, 11) is -1.53. The summed E-state index contributed by atoms with van der Waals surface area (Å²) in [5.41, 5.74) is 11.9. The molecule has 360 valence electrons. The van der Waals surface area contributed by atoms with Gasteiger partial charge in [-0.2, -0.15) is 0 Å². The predicted molar refractivity (Wildman–Crippen MR) is 300 cm³/mol. The Labute approximate surface area is 406 Å². The fourth-order valence-electron chi connectivity index (χ4n) is 8.30. The monoisotopic (exact) mass is 917 g/mol. The summed E-state index contributed by atoms with van der Waals surface area (Å²) in [6.45, 7) is 65.3. The molecular weight excluding hydrogens is 819 g/mol. The van der Waals surface area contributed by atoms with Crippen LogP contribution in [0.3, 0.4) is 0 Å². The molecule has 0 unspecified atom stereocenters. The van der Waals surface area contributed by atoms with Crippen LogP contribution in [-0.4, -0.2) is 12.3 Å². The maximum atomic E-state index is 2.63. The highest BCUT2D eigenvalue weighted by molar-refractivity contribution is 7.74. The molecule has 2 heteroatoms. The van der Waals surface area contributed by atoms with Gasteiger partial charge < -0.3 is 0 Å². The van der Waals surface area contributed by atoms with Gasteiger partial charge in [-0.1, -0.05) is 260 Å². The molecule has 0 amide bonds. The van der Waals surface area contributed by atoms with Crippen LogP contribution >= 0.6 is 15.8 Å². The standard InChI is InChI=1S/C63H98P2/c1-55(2,3)42-28-43(56(4,5)6)33-51(32-42)64(52-34-44(57(7,8)9)29-45(35-52)58(10,11)12)40-50(63(25,26)27)41-65(53-36-46(59(13,14)15)30-47(37-53)60(16,17)18)54-38-48(61(19,20)21)31-49(39-54)62(22,23)24/h28-39,50H,40-41H2,1-27H3. The fourth-order valence-corrected chi connectivity index (χ4v) is 14.5. The molecule has 0 saturated carbocycles. The van der Waals surface area contributed by atoms with E-state index in [1.165, 1.54) is 65.7 Å². The van der Waals surface area contributed by atoms with Gasteiger partial charge in [-0.05, 0) is 149 Å². The Hall–Kier alpha value is -2.26. The quantitative estimate of drug-likeness (QED) is 0.155. The Morgan fingerprint density at radius 1 is 0.246 bits per heavy atom. The Morgan fingerprint density at radius 2 is 0.385 bits per heavy atom. The van der Waals surface area contributed by atoms with Gasteiger partial charge in [0, 0.05) is 0 Å². The van der Waals surface area contributed by atoms with Crippen LogP contribution in [0.4, 0.5) is 0 Å². The third-order valence-electron chi connectivity index (χ3n) is 13.9. The topological polar surface area (TPSA) is 0 Å². The van der Waals surface area contributed by atoms with Crippen molar-refractivity contribution in [1.29, 1.82) is 0 Å². The van der Waals surface area contributed by atoms with E-state index in [0.29, 0.717) is 5.92 Å². The molecule has 0 aliphatic heterocycles.